The Kier molecular flexibility index (Phi) is 2.35. The van der Waals surface area contributed by atoms with E-state index in [1.165, 1.54) is 12.5 Å². The van der Waals surface area contributed by atoms with Gasteiger partial charge < -0.3 is 9.84 Å². The maximum absolute atomic E-state index is 10.6. The van der Waals surface area contributed by atoms with Crippen LogP contribution in [0.15, 0.2) is 18.2 Å². The van der Waals surface area contributed by atoms with E-state index < -0.39 is 5.97 Å². The van der Waals surface area contributed by atoms with Crippen molar-refractivity contribution in [1.82, 2.24) is 4.98 Å². The molecule has 1 aromatic heterocycles. The van der Waals surface area contributed by atoms with E-state index in [0.717, 1.165) is 12.8 Å². The molecule has 74 valence electrons. The fourth-order valence-electron chi connectivity index (χ4n) is 1.26. The van der Waals surface area contributed by atoms with E-state index in [1.54, 1.807) is 12.1 Å². The van der Waals surface area contributed by atoms with Gasteiger partial charge in [0, 0.05) is 6.07 Å². The fraction of sp³-hybridized carbons (Fsp3) is 0.400. The van der Waals surface area contributed by atoms with Crippen molar-refractivity contribution in [2.75, 3.05) is 0 Å². The van der Waals surface area contributed by atoms with Gasteiger partial charge in [0.25, 0.3) is 0 Å². The lowest BCUT2D eigenvalue weighted by atomic mass is 9.96. The molecule has 0 radical (unpaired) electrons. The quantitative estimate of drug-likeness (QED) is 0.793. The Morgan fingerprint density at radius 2 is 2.29 bits per heavy atom. The van der Waals surface area contributed by atoms with Crippen molar-refractivity contribution < 1.29 is 14.6 Å². The van der Waals surface area contributed by atoms with Crippen LogP contribution >= 0.6 is 0 Å². The summed E-state index contributed by atoms with van der Waals surface area (Å²) in [5, 5.41) is 8.70. The van der Waals surface area contributed by atoms with Crippen LogP contribution in [-0.4, -0.2) is 22.2 Å². The average molecular weight is 193 g/mol. The fourth-order valence-corrected chi connectivity index (χ4v) is 1.26. The van der Waals surface area contributed by atoms with Crippen molar-refractivity contribution in [1.29, 1.82) is 0 Å². The van der Waals surface area contributed by atoms with E-state index in [4.69, 9.17) is 9.84 Å². The largest absolute Gasteiger partial charge is 0.477 e. The lowest BCUT2D eigenvalue weighted by Crippen LogP contribution is -2.25. The summed E-state index contributed by atoms with van der Waals surface area (Å²) < 4.78 is 5.47. The number of pyridine rings is 1. The molecule has 1 saturated carbocycles. The van der Waals surface area contributed by atoms with E-state index >= 15 is 0 Å². The molecule has 4 nitrogen and oxygen atoms in total. The summed E-state index contributed by atoms with van der Waals surface area (Å²) in [7, 11) is 0. The summed E-state index contributed by atoms with van der Waals surface area (Å²) in [5.74, 6) is -0.612. The van der Waals surface area contributed by atoms with E-state index in [2.05, 4.69) is 4.98 Å². The zero-order chi connectivity index (χ0) is 9.97. The van der Waals surface area contributed by atoms with Crippen molar-refractivity contribution >= 4 is 5.97 Å². The van der Waals surface area contributed by atoms with Crippen molar-refractivity contribution in [3.8, 4) is 5.88 Å². The molecular formula is C10H11NO3. The zero-order valence-corrected chi connectivity index (χ0v) is 7.64. The van der Waals surface area contributed by atoms with Crippen LogP contribution in [0.4, 0.5) is 0 Å². The number of ether oxygens (including phenoxy) is 1. The van der Waals surface area contributed by atoms with Crippen LogP contribution in [-0.2, 0) is 0 Å². The number of carbonyl (C=O) groups is 1. The predicted octanol–water partition coefficient (Wildman–Crippen LogP) is 1.71. The smallest absolute Gasteiger partial charge is 0.354 e. The molecule has 0 bridgehead atoms. The third-order valence-corrected chi connectivity index (χ3v) is 2.28. The van der Waals surface area contributed by atoms with Gasteiger partial charge in [-0.05, 0) is 25.3 Å². The normalized spacial score (nSPS) is 16.0. The van der Waals surface area contributed by atoms with Gasteiger partial charge in [-0.25, -0.2) is 9.78 Å². The van der Waals surface area contributed by atoms with E-state index in [1.807, 2.05) is 0 Å². The molecule has 4 heteroatoms. The van der Waals surface area contributed by atoms with Crippen molar-refractivity contribution in [2.45, 2.75) is 25.4 Å². The Bertz CT molecular complexity index is 347. The monoisotopic (exact) mass is 193 g/mol. The molecule has 0 unspecified atom stereocenters. The van der Waals surface area contributed by atoms with E-state index in [-0.39, 0.29) is 11.8 Å². The number of carboxylic acids is 1. The van der Waals surface area contributed by atoms with Gasteiger partial charge in [-0.1, -0.05) is 6.07 Å². The van der Waals surface area contributed by atoms with E-state index in [0.29, 0.717) is 5.88 Å². The zero-order valence-electron chi connectivity index (χ0n) is 7.64. The molecule has 1 fully saturated rings. The summed E-state index contributed by atoms with van der Waals surface area (Å²) in [5.41, 5.74) is 0.0295. The number of aromatic nitrogens is 1. The molecule has 0 aliphatic heterocycles. The second-order valence-corrected chi connectivity index (χ2v) is 3.34. The van der Waals surface area contributed by atoms with Gasteiger partial charge in [-0.2, -0.15) is 0 Å². The Labute approximate surface area is 81.5 Å². The maximum atomic E-state index is 10.6. The van der Waals surface area contributed by atoms with Crippen LogP contribution in [0.5, 0.6) is 5.88 Å². The van der Waals surface area contributed by atoms with Crippen molar-refractivity contribution in [3.63, 3.8) is 0 Å². The number of aromatic carboxylic acids is 1. The number of nitrogens with zero attached hydrogens (tertiary/aromatic N) is 1. The van der Waals surface area contributed by atoms with Crippen molar-refractivity contribution in [3.05, 3.63) is 23.9 Å². The van der Waals surface area contributed by atoms with Gasteiger partial charge in [0.15, 0.2) is 5.69 Å². The summed E-state index contributed by atoms with van der Waals surface area (Å²) in [6.07, 6.45) is 3.49. The second kappa shape index (κ2) is 3.65. The molecule has 1 heterocycles. The summed E-state index contributed by atoms with van der Waals surface area (Å²) >= 11 is 0. The van der Waals surface area contributed by atoms with Crippen LogP contribution in [0.25, 0.3) is 0 Å². The molecule has 1 N–H and O–H groups in total. The SMILES string of the molecule is O=C(O)c1cccc(OC2CCC2)n1. The lowest BCUT2D eigenvalue weighted by Gasteiger charge is -2.25. The van der Waals surface area contributed by atoms with Gasteiger partial charge >= 0.3 is 5.97 Å². The first-order valence-electron chi connectivity index (χ1n) is 4.63. The standard InChI is InChI=1S/C10H11NO3/c12-10(13)8-5-2-6-9(11-8)14-7-3-1-4-7/h2,5-7H,1,3-4H2,(H,12,13). The molecule has 1 aliphatic rings. The van der Waals surface area contributed by atoms with Crippen LogP contribution in [0.2, 0.25) is 0 Å². The van der Waals surface area contributed by atoms with Crippen molar-refractivity contribution in [2.24, 2.45) is 0 Å². The maximum Gasteiger partial charge on any atom is 0.354 e. The lowest BCUT2D eigenvalue weighted by molar-refractivity contribution is 0.0685. The highest BCUT2D eigenvalue weighted by Crippen LogP contribution is 2.23. The Hall–Kier alpha value is -1.58. The van der Waals surface area contributed by atoms with Gasteiger partial charge in [0.1, 0.15) is 6.10 Å². The third kappa shape index (κ3) is 1.84. The molecule has 1 aliphatic carbocycles. The number of hydrogen-bond acceptors (Lipinski definition) is 3. The Morgan fingerprint density at radius 1 is 1.50 bits per heavy atom. The molecule has 0 aromatic carbocycles. The first-order valence-corrected chi connectivity index (χ1v) is 4.63. The highest BCUT2D eigenvalue weighted by molar-refractivity contribution is 5.85. The van der Waals surface area contributed by atoms with Crippen LogP contribution in [0.1, 0.15) is 29.8 Å². The highest BCUT2D eigenvalue weighted by Gasteiger charge is 2.19. The topological polar surface area (TPSA) is 59.4 Å². The molecular weight excluding hydrogens is 182 g/mol. The minimum atomic E-state index is -1.02. The Morgan fingerprint density at radius 3 is 2.86 bits per heavy atom. The average Bonchev–Trinajstić information content (AvgIpc) is 2.12. The molecule has 0 saturated heterocycles. The minimum Gasteiger partial charge on any atom is -0.477 e. The van der Waals surface area contributed by atoms with Gasteiger partial charge in [-0.3, -0.25) is 0 Å². The summed E-state index contributed by atoms with van der Waals surface area (Å²) in [4.78, 5) is 14.5. The minimum absolute atomic E-state index is 0.0295. The highest BCUT2D eigenvalue weighted by atomic mass is 16.5. The molecule has 2 rings (SSSR count). The number of carboxylic acid groups (broad SMARTS) is 1. The summed E-state index contributed by atoms with van der Waals surface area (Å²) in [6, 6.07) is 4.78. The first kappa shape index (κ1) is 8.99. The van der Waals surface area contributed by atoms with Crippen LogP contribution in [0.3, 0.4) is 0 Å². The van der Waals surface area contributed by atoms with Crippen LogP contribution < -0.4 is 4.74 Å². The first-order chi connectivity index (χ1) is 6.75. The van der Waals surface area contributed by atoms with Gasteiger partial charge in [0.05, 0.1) is 0 Å². The second-order valence-electron chi connectivity index (χ2n) is 3.34. The molecule has 0 amide bonds. The van der Waals surface area contributed by atoms with Crippen LogP contribution in [0, 0.1) is 0 Å². The number of hydrogen-bond donors (Lipinski definition) is 1. The third-order valence-electron chi connectivity index (χ3n) is 2.28. The molecule has 0 spiro atoms. The number of rotatable bonds is 3. The van der Waals surface area contributed by atoms with E-state index in [9.17, 15) is 4.79 Å². The van der Waals surface area contributed by atoms with Gasteiger partial charge in [-0.15, -0.1) is 0 Å². The summed E-state index contributed by atoms with van der Waals surface area (Å²) in [6.45, 7) is 0. The molecule has 0 atom stereocenters. The molecule has 14 heavy (non-hydrogen) atoms. The predicted molar refractivity (Wildman–Crippen MR) is 49.5 cm³/mol. The van der Waals surface area contributed by atoms with Gasteiger partial charge in [0.2, 0.25) is 5.88 Å². The molecule has 1 aromatic rings. The Balaban J connectivity index is 2.09.